The summed E-state index contributed by atoms with van der Waals surface area (Å²) in [6.45, 7) is 2.21. The molecule has 39 heavy (non-hydrogen) atoms. The molecule has 0 aliphatic carbocycles. The van der Waals surface area contributed by atoms with Gasteiger partial charge >= 0.3 is 6.01 Å². The van der Waals surface area contributed by atoms with Crippen molar-refractivity contribution in [2.24, 2.45) is 5.73 Å². The number of unbranched alkanes of at least 4 members (excludes halogenated alkanes) is 3. The Bertz CT molecular complexity index is 1400. The highest BCUT2D eigenvalue weighted by molar-refractivity contribution is 6.07. The maximum atomic E-state index is 12.7. The minimum absolute atomic E-state index is 0.0301. The SMILES string of the molecule is CN(C)CCCCCCOc1nccc(-c2ccc(C(=O)NCCc3ccc4[nH]cc(C(=N)N)c4c3)cc2)n1. The first-order valence-corrected chi connectivity index (χ1v) is 13.3. The molecule has 0 saturated carbocycles. The van der Waals surface area contributed by atoms with E-state index in [2.05, 4.69) is 39.3 Å². The molecule has 0 aliphatic rings. The lowest BCUT2D eigenvalue weighted by Gasteiger charge is -2.09. The van der Waals surface area contributed by atoms with Crippen molar-refractivity contribution in [1.82, 2.24) is 25.2 Å². The summed E-state index contributed by atoms with van der Waals surface area (Å²) in [5.41, 5.74) is 10.6. The van der Waals surface area contributed by atoms with Gasteiger partial charge in [-0.2, -0.15) is 4.98 Å². The predicted octanol–water partition coefficient (Wildman–Crippen LogP) is 4.38. The van der Waals surface area contributed by atoms with Crippen LogP contribution in [0.4, 0.5) is 0 Å². The van der Waals surface area contributed by atoms with Crippen LogP contribution < -0.4 is 15.8 Å². The number of benzene rings is 2. The summed E-state index contributed by atoms with van der Waals surface area (Å²) < 4.78 is 5.76. The van der Waals surface area contributed by atoms with Gasteiger partial charge in [-0.3, -0.25) is 10.2 Å². The number of nitrogen functional groups attached to an aromatic ring is 1. The third-order valence-corrected chi connectivity index (χ3v) is 6.54. The van der Waals surface area contributed by atoms with Crippen molar-refractivity contribution in [3.8, 4) is 17.3 Å². The monoisotopic (exact) mass is 527 g/mol. The Morgan fingerprint density at radius 2 is 1.87 bits per heavy atom. The standard InChI is InChI=1S/C30H37N7O2/c1-37(2)17-5-3-4-6-18-39-30-34-16-14-26(36-30)22-8-10-23(11-9-22)29(38)33-15-13-21-7-12-27-24(19-21)25(20-35-27)28(31)32/h7-12,14,16,19-20,35H,3-6,13,15,17-18H2,1-2H3,(H3,31,32)(H,33,38). The molecule has 4 rings (SSSR count). The molecule has 0 spiro atoms. The number of fused-ring (bicyclic) bond motifs is 1. The number of hydrogen-bond donors (Lipinski definition) is 4. The molecule has 0 saturated heterocycles. The van der Waals surface area contributed by atoms with E-state index in [4.69, 9.17) is 15.9 Å². The second-order valence-corrected chi connectivity index (χ2v) is 9.87. The fourth-order valence-corrected chi connectivity index (χ4v) is 4.38. The topological polar surface area (TPSA) is 133 Å². The summed E-state index contributed by atoms with van der Waals surface area (Å²) >= 11 is 0. The fraction of sp³-hybridized carbons (Fsp3) is 0.333. The molecule has 9 heteroatoms. The minimum atomic E-state index is -0.133. The molecule has 0 aliphatic heterocycles. The lowest BCUT2D eigenvalue weighted by atomic mass is 10.1. The van der Waals surface area contributed by atoms with Crippen molar-refractivity contribution < 1.29 is 9.53 Å². The first kappa shape index (κ1) is 27.8. The van der Waals surface area contributed by atoms with Gasteiger partial charge in [0.15, 0.2) is 0 Å². The molecule has 204 valence electrons. The highest BCUT2D eigenvalue weighted by atomic mass is 16.5. The van der Waals surface area contributed by atoms with Crippen molar-refractivity contribution in [2.75, 3.05) is 33.8 Å². The van der Waals surface area contributed by atoms with Crippen LogP contribution in [0, 0.1) is 5.41 Å². The summed E-state index contributed by atoms with van der Waals surface area (Å²) in [5, 5.41) is 11.6. The lowest BCUT2D eigenvalue weighted by molar-refractivity contribution is 0.0954. The Labute approximate surface area is 229 Å². The number of aromatic amines is 1. The van der Waals surface area contributed by atoms with E-state index < -0.39 is 0 Å². The van der Waals surface area contributed by atoms with Crippen LogP contribution >= 0.6 is 0 Å². The largest absolute Gasteiger partial charge is 0.463 e. The van der Waals surface area contributed by atoms with Crippen molar-refractivity contribution in [3.05, 3.63) is 77.6 Å². The highest BCUT2D eigenvalue weighted by Gasteiger charge is 2.10. The van der Waals surface area contributed by atoms with Crippen LogP contribution in [0.15, 0.2) is 60.9 Å². The van der Waals surface area contributed by atoms with Crippen LogP contribution in [0.5, 0.6) is 6.01 Å². The second kappa shape index (κ2) is 13.5. The van der Waals surface area contributed by atoms with E-state index in [1.54, 1.807) is 24.5 Å². The van der Waals surface area contributed by atoms with Gasteiger partial charge < -0.3 is 25.7 Å². The summed E-state index contributed by atoms with van der Waals surface area (Å²) in [7, 11) is 4.19. The number of amides is 1. The zero-order valence-corrected chi connectivity index (χ0v) is 22.7. The van der Waals surface area contributed by atoms with Crippen LogP contribution in [0.3, 0.4) is 0 Å². The zero-order chi connectivity index (χ0) is 27.6. The summed E-state index contributed by atoms with van der Waals surface area (Å²) in [6, 6.07) is 15.6. The number of ether oxygens (including phenoxy) is 1. The molecular weight excluding hydrogens is 490 g/mol. The minimum Gasteiger partial charge on any atom is -0.463 e. The molecule has 5 N–H and O–H groups in total. The molecule has 0 unspecified atom stereocenters. The van der Waals surface area contributed by atoms with Crippen LogP contribution in [0.2, 0.25) is 0 Å². The van der Waals surface area contributed by atoms with E-state index in [0.29, 0.717) is 36.7 Å². The van der Waals surface area contributed by atoms with E-state index >= 15 is 0 Å². The Morgan fingerprint density at radius 3 is 2.64 bits per heavy atom. The Morgan fingerprint density at radius 1 is 1.08 bits per heavy atom. The Hall–Kier alpha value is -4.24. The van der Waals surface area contributed by atoms with Crippen molar-refractivity contribution >= 4 is 22.6 Å². The van der Waals surface area contributed by atoms with Gasteiger partial charge in [0, 0.05) is 46.5 Å². The number of nitrogens with two attached hydrogens (primary N) is 1. The molecule has 0 atom stereocenters. The Balaban J connectivity index is 1.25. The molecule has 1 amide bonds. The highest BCUT2D eigenvalue weighted by Crippen LogP contribution is 2.21. The number of carbonyl (C=O) groups is 1. The molecule has 9 nitrogen and oxygen atoms in total. The number of amidine groups is 1. The van der Waals surface area contributed by atoms with Crippen LogP contribution in [-0.2, 0) is 6.42 Å². The molecule has 4 aromatic rings. The second-order valence-electron chi connectivity index (χ2n) is 9.87. The normalized spacial score (nSPS) is 11.2. The summed E-state index contributed by atoms with van der Waals surface area (Å²) in [6.07, 6.45) is 8.59. The predicted molar refractivity (Wildman–Crippen MR) is 155 cm³/mol. The van der Waals surface area contributed by atoms with Gasteiger partial charge in [0.2, 0.25) is 0 Å². The maximum Gasteiger partial charge on any atom is 0.316 e. The average molecular weight is 528 g/mol. The molecule has 0 radical (unpaired) electrons. The number of carbonyl (C=O) groups excluding carboxylic acids is 1. The van der Waals surface area contributed by atoms with E-state index in [9.17, 15) is 4.79 Å². The summed E-state index contributed by atoms with van der Waals surface area (Å²) in [5.74, 6) is -0.103. The van der Waals surface area contributed by atoms with Gasteiger partial charge in [0.1, 0.15) is 5.84 Å². The number of nitrogens with one attached hydrogen (secondary N) is 3. The number of H-pyrrole nitrogens is 1. The third-order valence-electron chi connectivity index (χ3n) is 6.54. The van der Waals surface area contributed by atoms with Crippen LogP contribution in [0.1, 0.15) is 47.2 Å². The van der Waals surface area contributed by atoms with Gasteiger partial charge in [-0.15, -0.1) is 0 Å². The van der Waals surface area contributed by atoms with Crippen LogP contribution in [-0.4, -0.2) is 65.4 Å². The van der Waals surface area contributed by atoms with E-state index in [1.165, 1.54) is 12.8 Å². The molecule has 2 heterocycles. The van der Waals surface area contributed by atoms with Gasteiger partial charge in [0.05, 0.1) is 12.3 Å². The van der Waals surface area contributed by atoms with E-state index in [0.717, 1.165) is 47.1 Å². The smallest absolute Gasteiger partial charge is 0.316 e. The van der Waals surface area contributed by atoms with Gasteiger partial charge in [-0.1, -0.05) is 31.0 Å². The molecule has 2 aromatic carbocycles. The fourth-order valence-electron chi connectivity index (χ4n) is 4.38. The number of aromatic nitrogens is 3. The molecule has 0 fully saturated rings. The average Bonchev–Trinajstić information content (AvgIpc) is 3.36. The zero-order valence-electron chi connectivity index (χ0n) is 22.7. The van der Waals surface area contributed by atoms with Crippen molar-refractivity contribution in [2.45, 2.75) is 32.1 Å². The quantitative estimate of drug-likeness (QED) is 0.109. The third kappa shape index (κ3) is 7.87. The maximum absolute atomic E-state index is 12.7. The van der Waals surface area contributed by atoms with Crippen molar-refractivity contribution in [1.29, 1.82) is 5.41 Å². The van der Waals surface area contributed by atoms with Gasteiger partial charge in [-0.05, 0) is 75.8 Å². The van der Waals surface area contributed by atoms with E-state index in [-0.39, 0.29) is 11.7 Å². The number of hydrogen-bond acceptors (Lipinski definition) is 6. The van der Waals surface area contributed by atoms with E-state index in [1.807, 2.05) is 36.4 Å². The molecule has 2 aromatic heterocycles. The molecule has 0 bridgehead atoms. The number of rotatable bonds is 14. The van der Waals surface area contributed by atoms with Crippen LogP contribution in [0.25, 0.3) is 22.2 Å². The Kier molecular flexibility index (Phi) is 9.64. The van der Waals surface area contributed by atoms with Crippen molar-refractivity contribution in [3.63, 3.8) is 0 Å². The summed E-state index contributed by atoms with van der Waals surface area (Å²) in [4.78, 5) is 26.8. The first-order valence-electron chi connectivity index (χ1n) is 13.3. The van der Waals surface area contributed by atoms with Gasteiger partial charge in [0.25, 0.3) is 5.91 Å². The lowest BCUT2D eigenvalue weighted by Crippen LogP contribution is -2.25. The van der Waals surface area contributed by atoms with Gasteiger partial charge in [-0.25, -0.2) is 4.98 Å². The molecular formula is C30H37N7O2. The first-order chi connectivity index (χ1) is 18.9. The number of nitrogens with zero attached hydrogens (tertiary/aromatic N) is 3.